The van der Waals surface area contributed by atoms with Crippen LogP contribution < -0.4 is 0 Å². The van der Waals surface area contributed by atoms with Gasteiger partial charge in [-0.2, -0.15) is 5.10 Å². The van der Waals surface area contributed by atoms with E-state index in [1.807, 2.05) is 18.2 Å². The van der Waals surface area contributed by atoms with E-state index in [4.69, 9.17) is 4.98 Å². The number of hydrogen-bond donors (Lipinski definition) is 2. The molecule has 1 aliphatic heterocycles. The number of likely N-dealkylation sites (tertiary alicyclic amines) is 1. The molecule has 0 saturated carbocycles. The Morgan fingerprint density at radius 2 is 1.85 bits per heavy atom. The third kappa shape index (κ3) is 4.30. The van der Waals surface area contributed by atoms with Crippen LogP contribution in [0.5, 0.6) is 0 Å². The Hall–Kier alpha value is -4.64. The zero-order valence-electron chi connectivity index (χ0n) is 20.5. The first-order valence-corrected chi connectivity index (χ1v) is 12.4. The summed E-state index contributed by atoms with van der Waals surface area (Å²) in [5.74, 6) is -2.61. The number of pyridine rings is 3. The summed E-state index contributed by atoms with van der Waals surface area (Å²) in [4.78, 5) is 22.7. The lowest BCUT2D eigenvalue weighted by atomic mass is 10.0. The Bertz CT molecular complexity index is 1830. The van der Waals surface area contributed by atoms with Gasteiger partial charge in [0.1, 0.15) is 17.0 Å². The quantitative estimate of drug-likeness (QED) is 0.303. The lowest BCUT2D eigenvalue weighted by molar-refractivity contribution is 0.0115. The van der Waals surface area contributed by atoms with Gasteiger partial charge >= 0.3 is 0 Å². The highest BCUT2D eigenvalue weighted by molar-refractivity contribution is 5.97. The van der Waals surface area contributed by atoms with Gasteiger partial charge in [0.2, 0.25) is 0 Å². The zero-order valence-corrected chi connectivity index (χ0v) is 20.5. The number of aromatic amines is 2. The maximum absolute atomic E-state index is 15.2. The van der Waals surface area contributed by atoms with E-state index in [1.54, 1.807) is 48.0 Å². The third-order valence-electron chi connectivity index (χ3n) is 6.97. The Morgan fingerprint density at radius 1 is 0.949 bits per heavy atom. The van der Waals surface area contributed by atoms with E-state index in [9.17, 15) is 8.78 Å². The molecule has 5 aromatic heterocycles. The van der Waals surface area contributed by atoms with Gasteiger partial charge in [0.15, 0.2) is 5.82 Å². The highest BCUT2D eigenvalue weighted by Crippen LogP contribution is 2.34. The number of fused-ring (bicyclic) bond motifs is 2. The van der Waals surface area contributed by atoms with Crippen molar-refractivity contribution < 1.29 is 13.2 Å². The first-order chi connectivity index (χ1) is 18.9. The number of hydrogen-bond acceptors (Lipinski definition) is 6. The maximum atomic E-state index is 15.2. The Kier molecular flexibility index (Phi) is 5.41. The van der Waals surface area contributed by atoms with Gasteiger partial charge in [-0.15, -0.1) is 0 Å². The molecule has 8 nitrogen and oxygen atoms in total. The van der Waals surface area contributed by atoms with E-state index >= 15 is 4.39 Å². The Morgan fingerprint density at radius 3 is 2.67 bits per heavy atom. The van der Waals surface area contributed by atoms with Crippen LogP contribution in [0.25, 0.3) is 55.8 Å². The predicted molar refractivity (Wildman–Crippen MR) is 140 cm³/mol. The van der Waals surface area contributed by atoms with Crippen LogP contribution in [0.1, 0.15) is 12.0 Å². The molecule has 0 amide bonds. The average molecular weight is 527 g/mol. The molecule has 1 fully saturated rings. The van der Waals surface area contributed by atoms with Crippen molar-refractivity contribution in [3.63, 3.8) is 0 Å². The molecule has 0 unspecified atom stereocenters. The maximum Gasteiger partial charge on any atom is 0.261 e. The van der Waals surface area contributed by atoms with E-state index in [0.29, 0.717) is 57.8 Å². The van der Waals surface area contributed by atoms with E-state index in [1.165, 1.54) is 6.07 Å². The van der Waals surface area contributed by atoms with Gasteiger partial charge in [-0.25, -0.2) is 18.2 Å². The van der Waals surface area contributed by atoms with Crippen LogP contribution in [-0.4, -0.2) is 59.0 Å². The Labute approximate surface area is 220 Å². The summed E-state index contributed by atoms with van der Waals surface area (Å²) in [5.41, 5.74) is 5.65. The molecular formula is C28H21F3N8. The van der Waals surface area contributed by atoms with Gasteiger partial charge < -0.3 is 4.98 Å². The molecule has 1 aliphatic rings. The summed E-state index contributed by atoms with van der Waals surface area (Å²) >= 11 is 0. The fourth-order valence-corrected chi connectivity index (χ4v) is 5.12. The number of nitrogens with one attached hydrogen (secondary N) is 2. The van der Waals surface area contributed by atoms with Gasteiger partial charge in [-0.3, -0.25) is 25.0 Å². The summed E-state index contributed by atoms with van der Waals surface area (Å²) in [5, 5.41) is 7.99. The standard InChI is InChI=1S/C28H21F3N8/c29-21-10-23-20(9-19(21)18-8-16(11-33-13-18)14-39-7-4-28(30,31)15-39)25(38-37-23)27-35-22-3-6-34-24(26(22)36-27)17-2-1-5-32-12-17/h1-3,5-6,8-13H,4,7,14-15H2,(H,35,36)(H,37,38). The third-order valence-corrected chi connectivity index (χ3v) is 6.97. The molecule has 39 heavy (non-hydrogen) atoms. The highest BCUT2D eigenvalue weighted by Gasteiger charge is 2.37. The topological polar surface area (TPSA) is 99.3 Å². The van der Waals surface area contributed by atoms with Crippen molar-refractivity contribution in [3.8, 4) is 33.9 Å². The van der Waals surface area contributed by atoms with E-state index in [-0.39, 0.29) is 13.0 Å². The van der Waals surface area contributed by atoms with Gasteiger partial charge in [0.05, 0.1) is 23.3 Å². The fourth-order valence-electron chi connectivity index (χ4n) is 5.12. The van der Waals surface area contributed by atoms with Crippen molar-refractivity contribution in [1.29, 1.82) is 0 Å². The van der Waals surface area contributed by atoms with Crippen LogP contribution in [0.3, 0.4) is 0 Å². The summed E-state index contributed by atoms with van der Waals surface area (Å²) in [6, 6.07) is 10.5. The van der Waals surface area contributed by atoms with Crippen LogP contribution in [0, 0.1) is 5.82 Å². The summed E-state index contributed by atoms with van der Waals surface area (Å²) < 4.78 is 42.5. The second kappa shape index (κ2) is 8.98. The molecular weight excluding hydrogens is 505 g/mol. The number of alkyl halides is 2. The largest absolute Gasteiger partial charge is 0.336 e. The number of benzene rings is 1. The van der Waals surface area contributed by atoms with Gasteiger partial charge in [-0.05, 0) is 35.9 Å². The van der Waals surface area contributed by atoms with Gasteiger partial charge in [0, 0.05) is 78.6 Å². The minimum Gasteiger partial charge on any atom is -0.336 e. The average Bonchev–Trinajstić information content (AvgIpc) is 3.64. The SMILES string of the molecule is Fc1cc2[nH]nc(-c3nc4c(-c5cccnc5)nccc4[nH]3)c2cc1-c1cncc(CN2CCC(F)(F)C2)c1. The monoisotopic (exact) mass is 526 g/mol. The minimum atomic E-state index is -2.68. The van der Waals surface area contributed by atoms with Crippen molar-refractivity contribution in [2.45, 2.75) is 18.9 Å². The molecule has 1 saturated heterocycles. The number of imidazole rings is 1. The molecule has 0 radical (unpaired) electrons. The number of rotatable bonds is 5. The lowest BCUT2D eigenvalue weighted by Gasteiger charge is -2.16. The number of halogens is 3. The molecule has 2 N–H and O–H groups in total. The minimum absolute atomic E-state index is 0.156. The highest BCUT2D eigenvalue weighted by atomic mass is 19.3. The van der Waals surface area contributed by atoms with Crippen molar-refractivity contribution in [2.24, 2.45) is 0 Å². The summed E-state index contributed by atoms with van der Waals surface area (Å²) in [6.07, 6.45) is 8.16. The smallest absolute Gasteiger partial charge is 0.261 e. The number of H-pyrrole nitrogens is 2. The molecule has 0 atom stereocenters. The molecule has 0 spiro atoms. The molecule has 11 heteroatoms. The second-order valence-electron chi connectivity index (χ2n) is 9.73. The zero-order chi connectivity index (χ0) is 26.6. The second-order valence-corrected chi connectivity index (χ2v) is 9.73. The normalized spacial score (nSPS) is 15.5. The van der Waals surface area contributed by atoms with Crippen LogP contribution >= 0.6 is 0 Å². The molecule has 0 bridgehead atoms. The number of aromatic nitrogens is 7. The first kappa shape index (κ1) is 23.5. The van der Waals surface area contributed by atoms with Crippen LogP contribution in [-0.2, 0) is 6.54 Å². The van der Waals surface area contributed by atoms with E-state index in [2.05, 4.69) is 30.1 Å². The van der Waals surface area contributed by atoms with Crippen molar-refractivity contribution >= 4 is 21.9 Å². The molecule has 194 valence electrons. The number of nitrogens with zero attached hydrogens (tertiary/aromatic N) is 6. The van der Waals surface area contributed by atoms with Crippen LogP contribution in [0.2, 0.25) is 0 Å². The van der Waals surface area contributed by atoms with Crippen LogP contribution in [0.15, 0.2) is 67.4 Å². The van der Waals surface area contributed by atoms with Crippen molar-refractivity contribution in [3.05, 3.63) is 78.8 Å². The fraction of sp³-hybridized carbons (Fsp3) is 0.179. The van der Waals surface area contributed by atoms with Crippen molar-refractivity contribution in [1.82, 2.24) is 40.0 Å². The Balaban J connectivity index is 1.27. The van der Waals surface area contributed by atoms with Crippen molar-refractivity contribution in [2.75, 3.05) is 13.1 Å². The van der Waals surface area contributed by atoms with Crippen LogP contribution in [0.4, 0.5) is 13.2 Å². The summed E-state index contributed by atoms with van der Waals surface area (Å²) in [7, 11) is 0. The molecule has 6 aromatic rings. The van der Waals surface area contributed by atoms with E-state index < -0.39 is 11.7 Å². The van der Waals surface area contributed by atoms with E-state index in [0.717, 1.165) is 16.6 Å². The molecule has 0 aliphatic carbocycles. The first-order valence-electron chi connectivity index (χ1n) is 12.4. The van der Waals surface area contributed by atoms with Gasteiger partial charge in [-0.1, -0.05) is 0 Å². The van der Waals surface area contributed by atoms with Gasteiger partial charge in [0.25, 0.3) is 5.92 Å². The summed E-state index contributed by atoms with van der Waals surface area (Å²) in [6.45, 7) is 0.348. The molecule has 6 heterocycles. The molecule has 1 aromatic carbocycles. The predicted octanol–water partition coefficient (Wildman–Crippen LogP) is 5.61. The lowest BCUT2D eigenvalue weighted by Crippen LogP contribution is -2.24. The molecule has 7 rings (SSSR count).